The smallest absolute Gasteiger partial charge is 0.320 e. The molecule has 6 nitrogen and oxygen atoms in total. The largest absolute Gasteiger partial charge is 0.480 e. The molecule has 2 atom stereocenters. The summed E-state index contributed by atoms with van der Waals surface area (Å²) in [5.74, 6) is -1.24. The maximum absolute atomic E-state index is 11.9. The third kappa shape index (κ3) is 4.31. The molecule has 19 heavy (non-hydrogen) atoms. The van der Waals surface area contributed by atoms with Crippen molar-refractivity contribution in [3.63, 3.8) is 0 Å². The van der Waals surface area contributed by atoms with Crippen LogP contribution in [0.3, 0.4) is 0 Å². The molecule has 0 aromatic carbocycles. The Morgan fingerprint density at radius 1 is 1.37 bits per heavy atom. The molecule has 1 aliphatic heterocycles. The van der Waals surface area contributed by atoms with Crippen molar-refractivity contribution in [1.82, 2.24) is 10.2 Å². The van der Waals surface area contributed by atoms with Gasteiger partial charge in [0.15, 0.2) is 5.78 Å². The number of hydrogen-bond acceptors (Lipinski definition) is 4. The second-order valence-corrected chi connectivity index (χ2v) is 5.37. The van der Waals surface area contributed by atoms with Crippen molar-refractivity contribution in [2.75, 3.05) is 13.1 Å². The number of carboxylic acids is 1. The molecule has 1 rings (SSSR count). The fourth-order valence-corrected chi connectivity index (χ4v) is 2.44. The lowest BCUT2D eigenvalue weighted by Gasteiger charge is -2.24. The van der Waals surface area contributed by atoms with Gasteiger partial charge in [0.2, 0.25) is 5.91 Å². The van der Waals surface area contributed by atoms with Crippen LogP contribution in [0, 0.1) is 5.92 Å². The van der Waals surface area contributed by atoms with Gasteiger partial charge in [-0.1, -0.05) is 13.8 Å². The molecule has 0 spiro atoms. The summed E-state index contributed by atoms with van der Waals surface area (Å²) in [5, 5.41) is 11.7. The molecule has 1 amide bonds. The summed E-state index contributed by atoms with van der Waals surface area (Å²) in [4.78, 5) is 35.9. The average molecular weight is 270 g/mol. The molecule has 2 unspecified atom stereocenters. The maximum atomic E-state index is 11.9. The van der Waals surface area contributed by atoms with Crippen LogP contribution >= 0.6 is 0 Å². The Balaban J connectivity index is 2.55. The first kappa shape index (κ1) is 15.6. The number of carbonyl (C=O) groups is 3. The summed E-state index contributed by atoms with van der Waals surface area (Å²) >= 11 is 0. The Hall–Kier alpha value is -1.43. The predicted octanol–water partition coefficient (Wildman–Crippen LogP) is 0.265. The first-order valence-electron chi connectivity index (χ1n) is 6.59. The zero-order valence-electron chi connectivity index (χ0n) is 11.7. The van der Waals surface area contributed by atoms with Gasteiger partial charge in [0.1, 0.15) is 6.04 Å². The van der Waals surface area contributed by atoms with E-state index >= 15 is 0 Å². The number of nitrogens with zero attached hydrogens (tertiary/aromatic N) is 1. The zero-order chi connectivity index (χ0) is 14.6. The van der Waals surface area contributed by atoms with Crippen LogP contribution in [-0.2, 0) is 14.4 Å². The van der Waals surface area contributed by atoms with Gasteiger partial charge in [-0.25, -0.2) is 0 Å². The molecule has 1 saturated heterocycles. The van der Waals surface area contributed by atoms with Crippen molar-refractivity contribution in [3.05, 3.63) is 0 Å². The third-order valence-electron chi connectivity index (χ3n) is 3.42. The van der Waals surface area contributed by atoms with E-state index in [0.29, 0.717) is 13.0 Å². The minimum absolute atomic E-state index is 0.0234. The summed E-state index contributed by atoms with van der Waals surface area (Å²) in [6, 6.07) is -1.08. The van der Waals surface area contributed by atoms with Crippen molar-refractivity contribution in [2.24, 2.45) is 5.92 Å². The van der Waals surface area contributed by atoms with Gasteiger partial charge in [-0.15, -0.1) is 0 Å². The van der Waals surface area contributed by atoms with Crippen LogP contribution in [0.4, 0.5) is 0 Å². The predicted molar refractivity (Wildman–Crippen MR) is 69.7 cm³/mol. The van der Waals surface area contributed by atoms with E-state index in [1.54, 1.807) is 4.90 Å². The second kappa shape index (κ2) is 6.65. The standard InChI is InChI=1S/C13H22N2O4/c1-8(2)12(9(3)16)14-11(17)7-15-6-4-5-10(15)13(18)19/h8,10,12H,4-7H2,1-3H3,(H,14,17)(H,18,19). The Morgan fingerprint density at radius 3 is 2.47 bits per heavy atom. The van der Waals surface area contributed by atoms with Crippen molar-refractivity contribution in [3.8, 4) is 0 Å². The van der Waals surface area contributed by atoms with E-state index in [0.717, 1.165) is 6.42 Å². The Morgan fingerprint density at radius 2 is 2.00 bits per heavy atom. The minimum Gasteiger partial charge on any atom is -0.480 e. The highest BCUT2D eigenvalue weighted by molar-refractivity contribution is 5.88. The Labute approximate surface area is 113 Å². The highest BCUT2D eigenvalue weighted by atomic mass is 16.4. The fraction of sp³-hybridized carbons (Fsp3) is 0.769. The Bertz CT molecular complexity index is 368. The molecule has 1 fully saturated rings. The van der Waals surface area contributed by atoms with Gasteiger partial charge in [-0.2, -0.15) is 0 Å². The summed E-state index contributed by atoms with van der Waals surface area (Å²) in [5.41, 5.74) is 0. The van der Waals surface area contributed by atoms with E-state index in [1.165, 1.54) is 6.92 Å². The second-order valence-electron chi connectivity index (χ2n) is 5.37. The average Bonchev–Trinajstić information content (AvgIpc) is 2.73. The topological polar surface area (TPSA) is 86.7 Å². The van der Waals surface area contributed by atoms with Crippen LogP contribution in [0.15, 0.2) is 0 Å². The minimum atomic E-state index is -0.891. The number of aliphatic carboxylic acids is 1. The van der Waals surface area contributed by atoms with Crippen molar-refractivity contribution < 1.29 is 19.5 Å². The number of Topliss-reactive ketones (excluding diaryl/α,β-unsaturated/α-hetero) is 1. The summed E-state index contributed by atoms with van der Waals surface area (Å²) in [7, 11) is 0. The summed E-state index contributed by atoms with van der Waals surface area (Å²) in [6.45, 7) is 5.82. The van der Waals surface area contributed by atoms with Gasteiger partial charge >= 0.3 is 5.97 Å². The normalized spacial score (nSPS) is 21.4. The zero-order valence-corrected chi connectivity index (χ0v) is 11.7. The van der Waals surface area contributed by atoms with Crippen LogP contribution in [0.2, 0.25) is 0 Å². The molecule has 0 radical (unpaired) electrons. The molecule has 108 valence electrons. The lowest BCUT2D eigenvalue weighted by molar-refractivity contribution is -0.142. The van der Waals surface area contributed by atoms with Crippen LogP contribution in [-0.4, -0.2) is 52.8 Å². The van der Waals surface area contributed by atoms with Crippen LogP contribution in [0.5, 0.6) is 0 Å². The van der Waals surface area contributed by atoms with Gasteiger partial charge in [0, 0.05) is 0 Å². The number of ketones is 1. The molecular weight excluding hydrogens is 248 g/mol. The number of hydrogen-bond donors (Lipinski definition) is 2. The van der Waals surface area contributed by atoms with Crippen LogP contribution in [0.1, 0.15) is 33.6 Å². The van der Waals surface area contributed by atoms with E-state index in [1.807, 2.05) is 13.8 Å². The maximum Gasteiger partial charge on any atom is 0.320 e. The van der Waals surface area contributed by atoms with E-state index in [2.05, 4.69) is 5.32 Å². The molecule has 0 aromatic heterocycles. The lowest BCUT2D eigenvalue weighted by atomic mass is 10.0. The summed E-state index contributed by atoms with van der Waals surface area (Å²) < 4.78 is 0. The van der Waals surface area contributed by atoms with Crippen LogP contribution < -0.4 is 5.32 Å². The van der Waals surface area contributed by atoms with Crippen LogP contribution in [0.25, 0.3) is 0 Å². The quantitative estimate of drug-likeness (QED) is 0.723. The van der Waals surface area contributed by atoms with Crippen molar-refractivity contribution >= 4 is 17.7 Å². The molecule has 2 N–H and O–H groups in total. The molecule has 0 aromatic rings. The first-order chi connectivity index (χ1) is 8.82. The highest BCUT2D eigenvalue weighted by Crippen LogP contribution is 2.16. The van der Waals surface area contributed by atoms with Gasteiger partial charge in [-0.3, -0.25) is 19.3 Å². The molecule has 1 aliphatic rings. The Kier molecular flexibility index (Phi) is 5.47. The number of carbonyl (C=O) groups excluding carboxylic acids is 2. The van der Waals surface area contributed by atoms with E-state index < -0.39 is 18.1 Å². The van der Waals surface area contributed by atoms with Crippen molar-refractivity contribution in [1.29, 1.82) is 0 Å². The summed E-state index contributed by atoms with van der Waals surface area (Å²) in [6.07, 6.45) is 1.35. The number of amides is 1. The highest BCUT2D eigenvalue weighted by Gasteiger charge is 2.32. The SMILES string of the molecule is CC(=O)C(NC(=O)CN1CCCC1C(=O)O)C(C)C. The van der Waals surface area contributed by atoms with Gasteiger partial charge in [-0.05, 0) is 32.2 Å². The van der Waals surface area contributed by atoms with Gasteiger partial charge in [0.05, 0.1) is 12.6 Å². The fourth-order valence-electron chi connectivity index (χ4n) is 2.44. The molecule has 0 saturated carbocycles. The number of likely N-dealkylation sites (tertiary alicyclic amines) is 1. The molecule has 1 heterocycles. The number of carboxylic acid groups (broad SMARTS) is 1. The number of nitrogens with one attached hydrogen (secondary N) is 1. The first-order valence-corrected chi connectivity index (χ1v) is 6.59. The van der Waals surface area contributed by atoms with E-state index in [4.69, 9.17) is 5.11 Å². The third-order valence-corrected chi connectivity index (χ3v) is 3.42. The lowest BCUT2D eigenvalue weighted by Crippen LogP contribution is -2.49. The molecule has 6 heteroatoms. The van der Waals surface area contributed by atoms with E-state index in [9.17, 15) is 14.4 Å². The van der Waals surface area contributed by atoms with E-state index in [-0.39, 0.29) is 24.2 Å². The molecule has 0 aliphatic carbocycles. The molecular formula is C13H22N2O4. The van der Waals surface area contributed by atoms with Gasteiger partial charge < -0.3 is 10.4 Å². The number of rotatable bonds is 6. The van der Waals surface area contributed by atoms with Gasteiger partial charge in [0.25, 0.3) is 0 Å². The monoisotopic (exact) mass is 270 g/mol. The van der Waals surface area contributed by atoms with Crippen molar-refractivity contribution in [2.45, 2.75) is 45.7 Å². The molecule has 0 bridgehead atoms.